The Morgan fingerprint density at radius 1 is 1.59 bits per heavy atom. The summed E-state index contributed by atoms with van der Waals surface area (Å²) in [7, 11) is 0. The molecule has 1 aromatic rings. The minimum absolute atomic E-state index is 0.0191. The molecule has 1 heterocycles. The van der Waals surface area contributed by atoms with Crippen molar-refractivity contribution in [3.8, 4) is 0 Å². The average Bonchev–Trinajstić information content (AvgIpc) is 2.64. The average molecular weight is 404 g/mol. The summed E-state index contributed by atoms with van der Waals surface area (Å²) < 4.78 is 1.86. The first-order chi connectivity index (χ1) is 8.08. The molecule has 0 aliphatic carbocycles. The number of nitrogens with one attached hydrogen (secondary N) is 1. The zero-order valence-electron chi connectivity index (χ0n) is 9.43. The minimum atomic E-state index is -0.0191. The molecule has 0 saturated heterocycles. The first-order valence-electron chi connectivity index (χ1n) is 5.37. The van der Waals surface area contributed by atoms with Gasteiger partial charge in [0.05, 0.1) is 8.66 Å². The zero-order valence-corrected chi connectivity index (χ0v) is 14.2. The molecule has 2 nitrogen and oxygen atoms in total. The third-order valence-corrected chi connectivity index (χ3v) is 5.99. The highest BCUT2D eigenvalue weighted by Gasteiger charge is 2.13. The maximum atomic E-state index is 11.9. The van der Waals surface area contributed by atoms with E-state index >= 15 is 0 Å². The van der Waals surface area contributed by atoms with Gasteiger partial charge in [-0.25, -0.2) is 0 Å². The van der Waals surface area contributed by atoms with E-state index in [2.05, 4.69) is 44.1 Å². The molecule has 1 unspecified atom stereocenters. The highest BCUT2D eigenvalue weighted by Crippen LogP contribution is 2.32. The predicted octanol–water partition coefficient (Wildman–Crippen LogP) is 4.66. The summed E-state index contributed by atoms with van der Waals surface area (Å²) in [5.74, 6) is 1.09. The fourth-order valence-corrected chi connectivity index (χ4v) is 3.65. The summed E-state index contributed by atoms with van der Waals surface area (Å²) >= 11 is 13.9. The quantitative estimate of drug-likeness (QED) is 0.688. The van der Waals surface area contributed by atoms with Gasteiger partial charge >= 0.3 is 0 Å². The van der Waals surface area contributed by atoms with Gasteiger partial charge in [0.2, 0.25) is 0 Å². The van der Waals surface area contributed by atoms with E-state index in [0.717, 1.165) is 21.1 Å². The molecule has 96 valence electrons. The summed E-state index contributed by atoms with van der Waals surface area (Å²) in [5.41, 5.74) is 0. The molecule has 0 bridgehead atoms. The topological polar surface area (TPSA) is 29.1 Å². The van der Waals surface area contributed by atoms with Crippen LogP contribution in [0, 0.1) is 5.92 Å². The molecule has 17 heavy (non-hydrogen) atoms. The van der Waals surface area contributed by atoms with Crippen molar-refractivity contribution in [2.45, 2.75) is 19.8 Å². The third-order valence-electron chi connectivity index (χ3n) is 2.51. The Kier molecular flexibility index (Phi) is 7.07. The molecule has 0 saturated carbocycles. The monoisotopic (exact) mass is 401 g/mol. The van der Waals surface area contributed by atoms with Crippen LogP contribution in [0.15, 0.2) is 14.3 Å². The van der Waals surface area contributed by atoms with Gasteiger partial charge in [-0.05, 0) is 50.3 Å². The van der Waals surface area contributed by atoms with Crippen LogP contribution in [0.3, 0.4) is 0 Å². The lowest BCUT2D eigenvalue weighted by Gasteiger charge is -2.13. The van der Waals surface area contributed by atoms with Gasteiger partial charge in [0.25, 0.3) is 5.91 Å². The molecule has 1 rings (SSSR count). The number of alkyl halides is 1. The van der Waals surface area contributed by atoms with Crippen molar-refractivity contribution in [3.63, 3.8) is 0 Å². The van der Waals surface area contributed by atoms with E-state index in [1.165, 1.54) is 11.3 Å². The molecular weight excluding hydrogens is 389 g/mol. The van der Waals surface area contributed by atoms with Crippen LogP contribution >= 0.6 is 54.8 Å². The van der Waals surface area contributed by atoms with Gasteiger partial charge in [-0.2, -0.15) is 0 Å². The Labute approximate surface area is 127 Å². The van der Waals surface area contributed by atoms with Crippen LogP contribution in [0.5, 0.6) is 0 Å². The lowest BCUT2D eigenvalue weighted by molar-refractivity contribution is 0.0950. The van der Waals surface area contributed by atoms with Crippen molar-refractivity contribution in [2.75, 3.05) is 12.4 Å². The molecule has 0 aliphatic rings. The smallest absolute Gasteiger partial charge is 0.261 e. The van der Waals surface area contributed by atoms with Crippen LogP contribution in [-0.4, -0.2) is 18.3 Å². The Morgan fingerprint density at radius 2 is 2.29 bits per heavy atom. The number of carbonyl (C=O) groups excluding carboxylic acids is 1. The molecule has 0 fully saturated rings. The van der Waals surface area contributed by atoms with Crippen molar-refractivity contribution in [1.29, 1.82) is 0 Å². The number of rotatable bonds is 6. The van der Waals surface area contributed by atoms with E-state index in [1.807, 2.05) is 6.07 Å². The molecular formula is C11H14Br2ClNOS. The Bertz CT molecular complexity index is 364. The molecule has 0 radical (unpaired) electrons. The molecule has 0 spiro atoms. The number of carbonyl (C=O) groups is 1. The van der Waals surface area contributed by atoms with E-state index in [9.17, 15) is 4.79 Å². The summed E-state index contributed by atoms with van der Waals surface area (Å²) in [6.07, 6.45) is 1.97. The second-order valence-corrected chi connectivity index (χ2v) is 7.30. The fourth-order valence-electron chi connectivity index (χ4n) is 1.39. The number of halogens is 3. The van der Waals surface area contributed by atoms with Gasteiger partial charge in [0, 0.05) is 16.9 Å². The van der Waals surface area contributed by atoms with E-state index in [4.69, 9.17) is 11.6 Å². The number of hydrogen-bond donors (Lipinski definition) is 1. The Morgan fingerprint density at radius 3 is 2.76 bits per heavy atom. The van der Waals surface area contributed by atoms with Crippen molar-refractivity contribution < 1.29 is 4.79 Å². The van der Waals surface area contributed by atoms with Crippen molar-refractivity contribution in [3.05, 3.63) is 19.2 Å². The summed E-state index contributed by atoms with van der Waals surface area (Å²) in [5, 5.41) is 2.95. The SMILES string of the molecule is CCC(CCCl)CNC(=O)c1cc(Br)c(Br)s1. The van der Waals surface area contributed by atoms with Crippen LogP contribution in [0.2, 0.25) is 0 Å². The summed E-state index contributed by atoms with van der Waals surface area (Å²) in [4.78, 5) is 12.6. The van der Waals surface area contributed by atoms with E-state index in [-0.39, 0.29) is 5.91 Å². The summed E-state index contributed by atoms with van der Waals surface area (Å²) in [6, 6.07) is 1.83. The second kappa shape index (κ2) is 7.77. The maximum Gasteiger partial charge on any atom is 0.261 e. The maximum absolute atomic E-state index is 11.9. The normalized spacial score (nSPS) is 12.5. The standard InChI is InChI=1S/C11H14Br2ClNOS/c1-2-7(3-4-14)6-15-11(16)9-5-8(12)10(13)17-9/h5,7H,2-4,6H2,1H3,(H,15,16). The van der Waals surface area contributed by atoms with Crippen molar-refractivity contribution in [2.24, 2.45) is 5.92 Å². The summed E-state index contributed by atoms with van der Waals surface area (Å²) in [6.45, 7) is 2.80. The van der Waals surface area contributed by atoms with Gasteiger partial charge in [0.1, 0.15) is 0 Å². The van der Waals surface area contributed by atoms with E-state index < -0.39 is 0 Å². The molecule has 1 amide bonds. The van der Waals surface area contributed by atoms with Crippen LogP contribution < -0.4 is 5.32 Å². The second-order valence-electron chi connectivity index (χ2n) is 3.69. The van der Waals surface area contributed by atoms with Crippen LogP contribution in [0.25, 0.3) is 0 Å². The first-order valence-corrected chi connectivity index (χ1v) is 8.31. The molecule has 6 heteroatoms. The van der Waals surface area contributed by atoms with Crippen molar-refractivity contribution in [1.82, 2.24) is 5.32 Å². The lowest BCUT2D eigenvalue weighted by atomic mass is 10.0. The van der Waals surface area contributed by atoms with Gasteiger partial charge < -0.3 is 5.32 Å². The molecule has 1 aromatic heterocycles. The molecule has 0 aromatic carbocycles. The van der Waals surface area contributed by atoms with Gasteiger partial charge in [-0.3, -0.25) is 4.79 Å². The van der Waals surface area contributed by atoms with Gasteiger partial charge in [0.15, 0.2) is 0 Å². The number of hydrogen-bond acceptors (Lipinski definition) is 2. The van der Waals surface area contributed by atoms with E-state index in [1.54, 1.807) is 0 Å². The predicted molar refractivity (Wildman–Crippen MR) is 81.2 cm³/mol. The minimum Gasteiger partial charge on any atom is -0.351 e. The van der Waals surface area contributed by atoms with Crippen LogP contribution in [0.1, 0.15) is 29.4 Å². The third kappa shape index (κ3) is 4.89. The zero-order chi connectivity index (χ0) is 12.8. The van der Waals surface area contributed by atoms with Crippen molar-refractivity contribution >= 4 is 60.7 Å². The van der Waals surface area contributed by atoms with Gasteiger partial charge in [-0.1, -0.05) is 13.3 Å². The highest BCUT2D eigenvalue weighted by molar-refractivity contribution is 9.13. The molecule has 1 atom stereocenters. The Balaban J connectivity index is 2.49. The van der Waals surface area contributed by atoms with Crippen LogP contribution in [0.4, 0.5) is 0 Å². The first kappa shape index (κ1) is 15.5. The largest absolute Gasteiger partial charge is 0.351 e. The number of thiophene rings is 1. The van der Waals surface area contributed by atoms with E-state index in [0.29, 0.717) is 23.2 Å². The molecule has 1 N–H and O–H groups in total. The number of amides is 1. The Hall–Kier alpha value is 0.420. The van der Waals surface area contributed by atoms with Crippen LogP contribution in [-0.2, 0) is 0 Å². The highest BCUT2D eigenvalue weighted by atomic mass is 79.9. The fraction of sp³-hybridized carbons (Fsp3) is 0.545. The lowest BCUT2D eigenvalue weighted by Crippen LogP contribution is -2.28. The van der Waals surface area contributed by atoms with Gasteiger partial charge in [-0.15, -0.1) is 22.9 Å². The molecule has 0 aliphatic heterocycles.